The van der Waals surface area contributed by atoms with Crippen LogP contribution in [-0.2, 0) is 33.2 Å². The number of nitrogens with zero attached hydrogens (tertiary/aromatic N) is 6. The molecule has 3 aliphatic heterocycles. The van der Waals surface area contributed by atoms with E-state index in [0.717, 1.165) is 40.7 Å². The molecule has 7 rings (SSSR count). The number of aromatic nitrogens is 4. The maximum Gasteiger partial charge on any atom is 0.452 e. The molecular weight excluding hydrogens is 738 g/mol. The second-order valence-corrected chi connectivity index (χ2v) is 17.0. The third-order valence-corrected chi connectivity index (χ3v) is 12.7. The third kappa shape index (κ3) is 7.70. The van der Waals surface area contributed by atoms with Gasteiger partial charge in [-0.25, -0.2) is 8.51 Å². The minimum atomic E-state index is -4.72. The standard InChI is InChI=1S/C39H47F3N6O6S/c1-24-8-9-27(31(37(4,5)36(49)50)29-10-15-48-32(26(29)3)44-45-35(48)39(40,41)42)21-28(24)22-47-23-38(11-17-52-18-12-38)54-34-30(55(47)51)20-25(2)33(43-34)53-19-16-46-13-6-7-14-46/h8-10,15,20-21,31H,6-7,11-14,16-19,22-23H2,1-5H3,(H,49,50). The Morgan fingerprint density at radius 1 is 1.05 bits per heavy atom. The van der Waals surface area contributed by atoms with Crippen LogP contribution in [0.1, 0.15) is 84.7 Å². The van der Waals surface area contributed by atoms with Crippen LogP contribution in [-0.4, -0.2) is 95.7 Å². The maximum atomic E-state index is 14.6. The van der Waals surface area contributed by atoms with Gasteiger partial charge >= 0.3 is 12.1 Å². The predicted molar refractivity (Wildman–Crippen MR) is 198 cm³/mol. The number of pyridine rings is 2. The molecule has 3 aliphatic rings. The molecule has 1 spiro atoms. The Hall–Kier alpha value is -4.12. The van der Waals surface area contributed by atoms with Crippen molar-refractivity contribution >= 4 is 22.6 Å². The molecule has 16 heteroatoms. The molecule has 1 N–H and O–H groups in total. The van der Waals surface area contributed by atoms with E-state index in [1.807, 2.05) is 42.4 Å². The van der Waals surface area contributed by atoms with Gasteiger partial charge in [0.05, 0.1) is 25.2 Å². The second-order valence-electron chi connectivity index (χ2n) is 15.5. The molecule has 6 heterocycles. The van der Waals surface area contributed by atoms with Crippen molar-refractivity contribution < 1.29 is 41.5 Å². The highest BCUT2D eigenvalue weighted by molar-refractivity contribution is 7.82. The minimum Gasteiger partial charge on any atom is -0.481 e. The molecule has 2 atom stereocenters. The summed E-state index contributed by atoms with van der Waals surface area (Å²) in [4.78, 5) is 20.5. The van der Waals surface area contributed by atoms with E-state index < -0.39 is 45.9 Å². The summed E-state index contributed by atoms with van der Waals surface area (Å²) < 4.78 is 77.1. The lowest BCUT2D eigenvalue weighted by Gasteiger charge is -2.38. The maximum absolute atomic E-state index is 14.6. The molecule has 2 fully saturated rings. The Kier molecular flexibility index (Phi) is 10.7. The van der Waals surface area contributed by atoms with E-state index in [4.69, 9.17) is 19.2 Å². The Morgan fingerprint density at radius 2 is 1.78 bits per heavy atom. The zero-order valence-electron chi connectivity index (χ0n) is 31.7. The van der Waals surface area contributed by atoms with Crippen LogP contribution in [0.3, 0.4) is 0 Å². The summed E-state index contributed by atoms with van der Waals surface area (Å²) in [6.07, 6.45) is 0.0324. The van der Waals surface area contributed by atoms with Crippen molar-refractivity contribution in [3.8, 4) is 11.8 Å². The van der Waals surface area contributed by atoms with Gasteiger partial charge in [0.25, 0.3) is 0 Å². The van der Waals surface area contributed by atoms with E-state index >= 15 is 0 Å². The molecule has 0 amide bonds. The lowest BCUT2D eigenvalue weighted by molar-refractivity contribution is -0.147. The van der Waals surface area contributed by atoms with E-state index in [9.17, 15) is 27.3 Å². The number of hydrogen-bond donors (Lipinski definition) is 1. The van der Waals surface area contributed by atoms with Crippen LogP contribution in [0.4, 0.5) is 13.2 Å². The first-order valence-corrected chi connectivity index (χ1v) is 19.7. The summed E-state index contributed by atoms with van der Waals surface area (Å²) in [6, 6.07) is 9.01. The zero-order chi connectivity index (χ0) is 39.3. The smallest absolute Gasteiger partial charge is 0.452 e. The first kappa shape index (κ1) is 39.1. The Labute approximate surface area is 320 Å². The fourth-order valence-corrected chi connectivity index (χ4v) is 9.40. The van der Waals surface area contributed by atoms with Crippen molar-refractivity contribution in [1.29, 1.82) is 0 Å². The highest BCUT2D eigenvalue weighted by Gasteiger charge is 2.44. The normalized spacial score (nSPS) is 20.0. The molecule has 0 saturated carbocycles. The van der Waals surface area contributed by atoms with Gasteiger partial charge in [0.2, 0.25) is 17.6 Å². The number of aliphatic carboxylic acids is 1. The van der Waals surface area contributed by atoms with E-state index in [0.29, 0.717) is 66.7 Å². The number of benzene rings is 1. The van der Waals surface area contributed by atoms with Crippen molar-refractivity contribution in [3.63, 3.8) is 0 Å². The van der Waals surface area contributed by atoms with E-state index in [2.05, 4.69) is 15.1 Å². The molecule has 2 saturated heterocycles. The van der Waals surface area contributed by atoms with Crippen molar-refractivity contribution in [2.75, 3.05) is 46.0 Å². The van der Waals surface area contributed by atoms with Crippen LogP contribution in [0.25, 0.3) is 5.65 Å². The summed E-state index contributed by atoms with van der Waals surface area (Å²) in [6.45, 7) is 13.6. The molecule has 296 valence electrons. The van der Waals surface area contributed by atoms with Gasteiger partial charge in [-0.15, -0.1) is 10.2 Å². The second kappa shape index (κ2) is 15.1. The molecule has 1 aromatic carbocycles. The van der Waals surface area contributed by atoms with E-state index in [1.165, 1.54) is 25.1 Å². The van der Waals surface area contributed by atoms with Gasteiger partial charge in [0.15, 0.2) is 5.65 Å². The Bertz CT molecular complexity index is 2110. The Morgan fingerprint density at radius 3 is 2.47 bits per heavy atom. The largest absolute Gasteiger partial charge is 0.481 e. The number of aryl methyl sites for hydroxylation is 3. The molecule has 2 unspecified atom stereocenters. The number of rotatable bonds is 10. The van der Waals surface area contributed by atoms with Crippen LogP contribution in [0.5, 0.6) is 11.8 Å². The monoisotopic (exact) mass is 784 g/mol. The number of alkyl halides is 3. The summed E-state index contributed by atoms with van der Waals surface area (Å²) in [5.74, 6) is -2.30. The third-order valence-electron chi connectivity index (χ3n) is 11.3. The number of likely N-dealkylation sites (tertiary alicyclic amines) is 1. The van der Waals surface area contributed by atoms with Crippen LogP contribution in [0.15, 0.2) is 41.4 Å². The molecule has 0 aliphatic carbocycles. The predicted octanol–water partition coefficient (Wildman–Crippen LogP) is 6.25. The van der Waals surface area contributed by atoms with Gasteiger partial charge in [0.1, 0.15) is 28.1 Å². The first-order valence-electron chi connectivity index (χ1n) is 18.6. The minimum absolute atomic E-state index is 0.00668. The summed E-state index contributed by atoms with van der Waals surface area (Å²) in [5.41, 5.74) is 1.87. The summed E-state index contributed by atoms with van der Waals surface area (Å²) in [7, 11) is -1.70. The summed E-state index contributed by atoms with van der Waals surface area (Å²) >= 11 is 0. The molecule has 0 radical (unpaired) electrons. The fraction of sp³-hybridized carbons (Fsp3) is 0.538. The zero-order valence-corrected chi connectivity index (χ0v) is 32.6. The number of fused-ring (bicyclic) bond motifs is 2. The Balaban J connectivity index is 1.24. The van der Waals surface area contributed by atoms with Gasteiger partial charge in [-0.1, -0.05) is 18.2 Å². The molecule has 0 bridgehead atoms. The van der Waals surface area contributed by atoms with Crippen molar-refractivity contribution in [2.24, 2.45) is 5.41 Å². The quantitative estimate of drug-likeness (QED) is 0.197. The average Bonchev–Trinajstić information content (AvgIpc) is 3.81. The van der Waals surface area contributed by atoms with Crippen molar-refractivity contribution in [2.45, 2.75) is 89.4 Å². The van der Waals surface area contributed by atoms with Crippen LogP contribution in [0, 0.1) is 26.2 Å². The molecule has 55 heavy (non-hydrogen) atoms. The topological polar surface area (TPSA) is 132 Å². The van der Waals surface area contributed by atoms with Gasteiger partial charge in [-0.2, -0.15) is 18.2 Å². The fourth-order valence-electron chi connectivity index (χ4n) is 8.00. The number of carboxylic acids is 1. The van der Waals surface area contributed by atoms with Gasteiger partial charge in [-0.05, 0) is 100 Å². The average molecular weight is 785 g/mol. The number of ether oxygens (including phenoxy) is 3. The SMILES string of the molecule is Cc1ccc(C(c2ccn3c(C(F)(F)F)nnc3c2C)C(C)(C)C(=O)O)cc1CN1CC2(CCOCC2)Oc2nc(OCCN3CCCC3)c(C)cc2S1=O. The van der Waals surface area contributed by atoms with E-state index in [1.54, 1.807) is 20.8 Å². The van der Waals surface area contributed by atoms with Crippen molar-refractivity contribution in [3.05, 3.63) is 75.7 Å². The van der Waals surface area contributed by atoms with Gasteiger partial charge in [-0.3, -0.25) is 14.1 Å². The van der Waals surface area contributed by atoms with Crippen LogP contribution < -0.4 is 9.47 Å². The number of carboxylic acid groups (broad SMARTS) is 1. The molecular formula is C39H47F3N6O6S. The first-order chi connectivity index (χ1) is 26.1. The van der Waals surface area contributed by atoms with Crippen molar-refractivity contribution in [1.82, 2.24) is 28.8 Å². The lowest BCUT2D eigenvalue weighted by Crippen LogP contribution is -2.49. The van der Waals surface area contributed by atoms with Gasteiger partial charge < -0.3 is 19.3 Å². The summed E-state index contributed by atoms with van der Waals surface area (Å²) in [5, 5.41) is 17.7. The lowest BCUT2D eigenvalue weighted by atomic mass is 9.70. The van der Waals surface area contributed by atoms with E-state index in [-0.39, 0.29) is 18.1 Å². The number of halogens is 3. The molecule has 3 aromatic heterocycles. The molecule has 4 aromatic rings. The number of hydrogen-bond acceptors (Lipinski definition) is 9. The highest BCUT2D eigenvalue weighted by atomic mass is 32.2. The van der Waals surface area contributed by atoms with Crippen LogP contribution in [0.2, 0.25) is 0 Å². The van der Waals surface area contributed by atoms with Crippen LogP contribution >= 0.6 is 0 Å². The van der Waals surface area contributed by atoms with Gasteiger partial charge in [0, 0.05) is 43.6 Å². The highest BCUT2D eigenvalue weighted by Crippen LogP contribution is 2.45. The number of carbonyl (C=O) groups is 1. The molecule has 12 nitrogen and oxygen atoms in total.